The molecule has 0 bridgehead atoms. The maximum absolute atomic E-state index is 12.9. The largest absolute Gasteiger partial charge is 0.480 e. The average Bonchev–Trinajstić information content (AvgIpc) is 3.40. The van der Waals surface area contributed by atoms with Gasteiger partial charge < -0.3 is 20.6 Å². The summed E-state index contributed by atoms with van der Waals surface area (Å²) >= 11 is 11.6. The quantitative estimate of drug-likeness (QED) is 0.181. The van der Waals surface area contributed by atoms with E-state index >= 15 is 0 Å². The highest BCUT2D eigenvalue weighted by Gasteiger charge is 2.39. The molecular formula is C26H25ClN8O5S2. The number of carbonyl (C=O) groups excluding carboxylic acids is 1. The zero-order valence-electron chi connectivity index (χ0n) is 21.8. The Morgan fingerprint density at radius 3 is 2.50 bits per heavy atom. The molecule has 2 unspecified atom stereocenters. The van der Waals surface area contributed by atoms with E-state index in [1.807, 2.05) is 0 Å². The van der Waals surface area contributed by atoms with Crippen molar-refractivity contribution in [3.63, 3.8) is 0 Å². The van der Waals surface area contributed by atoms with Crippen molar-refractivity contribution >= 4 is 62.9 Å². The molecule has 0 radical (unpaired) electrons. The highest BCUT2D eigenvalue weighted by Crippen LogP contribution is 2.32. The Labute approximate surface area is 250 Å². The van der Waals surface area contributed by atoms with Crippen molar-refractivity contribution in [3.8, 4) is 5.69 Å². The highest BCUT2D eigenvalue weighted by atomic mass is 35.5. The number of aromatic nitrogens is 4. The van der Waals surface area contributed by atoms with Crippen LogP contribution in [-0.4, -0.2) is 64.4 Å². The van der Waals surface area contributed by atoms with Crippen LogP contribution in [0, 0.1) is 4.77 Å². The predicted octanol–water partition coefficient (Wildman–Crippen LogP) is 4.02. The molecule has 2 amide bonds. The molecule has 0 spiro atoms. The van der Waals surface area contributed by atoms with Gasteiger partial charge in [0.15, 0.2) is 0 Å². The molecule has 2 heterocycles. The number of amides is 2. The Bertz CT molecular complexity index is 1780. The molecule has 42 heavy (non-hydrogen) atoms. The Morgan fingerprint density at radius 2 is 1.81 bits per heavy atom. The summed E-state index contributed by atoms with van der Waals surface area (Å²) in [5.41, 5.74) is 1.85. The average molecular weight is 629 g/mol. The first-order valence-corrected chi connectivity index (χ1v) is 14.9. The number of hydrogen-bond donors (Lipinski definition) is 5. The van der Waals surface area contributed by atoms with Gasteiger partial charge in [-0.3, -0.25) is 0 Å². The lowest BCUT2D eigenvalue weighted by Gasteiger charge is -2.40. The van der Waals surface area contributed by atoms with Gasteiger partial charge >= 0.3 is 12.0 Å². The summed E-state index contributed by atoms with van der Waals surface area (Å²) in [5.74, 6) is -1.18. The van der Waals surface area contributed by atoms with Gasteiger partial charge in [-0.15, -0.1) is 0 Å². The normalized spacial score (nSPS) is 17.0. The van der Waals surface area contributed by atoms with Gasteiger partial charge in [0.25, 0.3) is 0 Å². The molecule has 0 aliphatic carbocycles. The monoisotopic (exact) mass is 628 g/mol. The van der Waals surface area contributed by atoms with Crippen LogP contribution in [0.4, 0.5) is 21.9 Å². The van der Waals surface area contributed by atoms with Crippen LogP contribution in [0.5, 0.6) is 0 Å². The van der Waals surface area contributed by atoms with E-state index in [1.54, 1.807) is 59.5 Å². The minimum atomic E-state index is -3.94. The SMILES string of the molecule is O=C(Nc1cccc(-n2[nH]nnc2=S)c1)Nc1ccc(N2CCCC(NS(=O)(=O)c3ccccc3)C2C(=O)O)cc1Cl. The van der Waals surface area contributed by atoms with E-state index in [0.29, 0.717) is 42.1 Å². The van der Waals surface area contributed by atoms with Crippen LogP contribution in [0.2, 0.25) is 5.02 Å². The molecule has 4 aromatic rings. The van der Waals surface area contributed by atoms with Crippen LogP contribution in [0.3, 0.4) is 0 Å². The number of nitrogens with one attached hydrogen (secondary N) is 4. The van der Waals surface area contributed by atoms with Crippen LogP contribution < -0.4 is 20.3 Å². The van der Waals surface area contributed by atoms with Crippen LogP contribution >= 0.6 is 23.8 Å². The number of rotatable bonds is 8. The van der Waals surface area contributed by atoms with Crippen LogP contribution in [-0.2, 0) is 14.8 Å². The standard InChI is InChI=1S/C26H25ClN8O5S2/c27-20-15-17(34-13-5-10-22(23(34)24(36)37)31-42(39,40)19-8-2-1-3-9-19)11-12-21(20)29-25(38)28-16-6-4-7-18(14-16)35-26(41)30-32-33-35/h1-4,6-9,11-12,14-15,22-23,31H,5,10,13H2,(H,36,37)(H2,28,29,38)(H,30,33,41). The fourth-order valence-electron chi connectivity index (χ4n) is 4.74. The summed E-state index contributed by atoms with van der Waals surface area (Å²) in [6, 6.07) is 16.7. The van der Waals surface area contributed by atoms with E-state index in [-0.39, 0.29) is 14.7 Å². The minimum absolute atomic E-state index is 0.0527. The number of carboxylic acid groups (broad SMARTS) is 1. The van der Waals surface area contributed by atoms with Gasteiger partial charge in [0.2, 0.25) is 14.8 Å². The lowest BCUT2D eigenvalue weighted by Crippen LogP contribution is -2.59. The van der Waals surface area contributed by atoms with Crippen molar-refractivity contribution in [2.45, 2.75) is 29.8 Å². The molecule has 13 nitrogen and oxygen atoms in total. The number of urea groups is 1. The fraction of sp³-hybridized carbons (Fsp3) is 0.192. The van der Waals surface area contributed by atoms with E-state index in [0.717, 1.165) is 0 Å². The number of benzene rings is 3. The number of hydrogen-bond acceptors (Lipinski definition) is 8. The number of piperidine rings is 1. The summed E-state index contributed by atoms with van der Waals surface area (Å²) in [7, 11) is -3.94. The number of tetrazole rings is 1. The Morgan fingerprint density at radius 1 is 1.02 bits per heavy atom. The van der Waals surface area contributed by atoms with Crippen LogP contribution in [0.1, 0.15) is 12.8 Å². The number of carbonyl (C=O) groups is 2. The highest BCUT2D eigenvalue weighted by molar-refractivity contribution is 7.89. The van der Waals surface area contributed by atoms with Crippen molar-refractivity contribution in [3.05, 3.63) is 82.6 Å². The summed E-state index contributed by atoms with van der Waals surface area (Å²) < 4.78 is 30.1. The maximum Gasteiger partial charge on any atom is 0.328 e. The molecule has 2 atom stereocenters. The van der Waals surface area contributed by atoms with Gasteiger partial charge in [-0.25, -0.2) is 27.4 Å². The summed E-state index contributed by atoms with van der Waals surface area (Å²) in [5, 5.41) is 25.7. The first-order chi connectivity index (χ1) is 20.1. The number of H-pyrrole nitrogens is 1. The van der Waals surface area contributed by atoms with Crippen molar-refractivity contribution in [2.75, 3.05) is 22.1 Å². The first-order valence-electron chi connectivity index (χ1n) is 12.7. The lowest BCUT2D eigenvalue weighted by atomic mass is 9.96. The second-order valence-corrected chi connectivity index (χ2v) is 11.9. The topological polar surface area (TPSA) is 174 Å². The molecule has 3 aromatic carbocycles. The molecule has 1 saturated heterocycles. The van der Waals surface area contributed by atoms with Gasteiger partial charge in [-0.05, 0) is 73.6 Å². The fourth-order valence-corrected chi connectivity index (χ4v) is 6.44. The number of sulfonamides is 1. The van der Waals surface area contributed by atoms with Gasteiger partial charge in [-0.2, -0.15) is 5.21 Å². The van der Waals surface area contributed by atoms with Gasteiger partial charge in [0, 0.05) is 17.9 Å². The second kappa shape index (κ2) is 12.3. The van der Waals surface area contributed by atoms with Crippen molar-refractivity contribution in [2.24, 2.45) is 0 Å². The Balaban J connectivity index is 1.30. The molecule has 5 rings (SSSR count). The minimum Gasteiger partial charge on any atom is -0.480 e. The molecule has 16 heteroatoms. The molecule has 1 aliphatic rings. The first kappa shape index (κ1) is 29.2. The third-order valence-electron chi connectivity index (χ3n) is 6.61. The number of carboxylic acids is 1. The number of aromatic amines is 1. The van der Waals surface area contributed by atoms with E-state index in [1.165, 1.54) is 22.9 Å². The van der Waals surface area contributed by atoms with E-state index < -0.39 is 34.1 Å². The molecule has 5 N–H and O–H groups in total. The number of nitrogens with zero attached hydrogens (tertiary/aromatic N) is 4. The lowest BCUT2D eigenvalue weighted by molar-refractivity contribution is -0.139. The third kappa shape index (κ3) is 6.44. The molecule has 1 aromatic heterocycles. The van der Waals surface area contributed by atoms with Crippen molar-refractivity contribution in [1.29, 1.82) is 0 Å². The number of aliphatic carboxylic acids is 1. The van der Waals surface area contributed by atoms with E-state index in [2.05, 4.69) is 30.9 Å². The van der Waals surface area contributed by atoms with Crippen LogP contribution in [0.25, 0.3) is 5.69 Å². The Hall–Kier alpha value is -4.31. The van der Waals surface area contributed by atoms with Crippen molar-refractivity contribution in [1.82, 2.24) is 24.9 Å². The summed E-state index contributed by atoms with van der Waals surface area (Å²) in [6.07, 6.45) is 0.891. The summed E-state index contributed by atoms with van der Waals surface area (Å²) in [4.78, 5) is 26.7. The maximum atomic E-state index is 12.9. The summed E-state index contributed by atoms with van der Waals surface area (Å²) in [6.45, 7) is 0.371. The van der Waals surface area contributed by atoms with Gasteiger partial charge in [-0.1, -0.05) is 46.2 Å². The molecule has 1 aliphatic heterocycles. The van der Waals surface area contributed by atoms with Crippen LogP contribution in [0.15, 0.2) is 77.7 Å². The third-order valence-corrected chi connectivity index (χ3v) is 8.69. The molecular weight excluding hydrogens is 604 g/mol. The smallest absolute Gasteiger partial charge is 0.328 e. The zero-order chi connectivity index (χ0) is 29.9. The number of anilines is 3. The predicted molar refractivity (Wildman–Crippen MR) is 159 cm³/mol. The molecule has 0 saturated carbocycles. The van der Waals surface area contributed by atoms with Gasteiger partial charge in [0.1, 0.15) is 6.04 Å². The van der Waals surface area contributed by atoms with E-state index in [9.17, 15) is 23.1 Å². The van der Waals surface area contributed by atoms with Gasteiger partial charge in [0.05, 0.1) is 27.3 Å². The Kier molecular flexibility index (Phi) is 8.54. The molecule has 1 fully saturated rings. The second-order valence-electron chi connectivity index (χ2n) is 9.37. The zero-order valence-corrected chi connectivity index (χ0v) is 24.2. The molecule has 218 valence electrons. The number of halogens is 1. The van der Waals surface area contributed by atoms with E-state index in [4.69, 9.17) is 23.8 Å². The van der Waals surface area contributed by atoms with Crippen molar-refractivity contribution < 1.29 is 23.1 Å².